The average Bonchev–Trinajstić information content (AvgIpc) is 2.23. The van der Waals surface area contributed by atoms with Gasteiger partial charge in [-0.15, -0.1) is 6.58 Å². The lowest BCUT2D eigenvalue weighted by Gasteiger charge is -2.30. The summed E-state index contributed by atoms with van der Waals surface area (Å²) in [5.74, 6) is 0.0435. The van der Waals surface area contributed by atoms with Gasteiger partial charge in [-0.1, -0.05) is 6.08 Å². The first-order chi connectivity index (χ1) is 6.99. The van der Waals surface area contributed by atoms with Crippen molar-refractivity contribution in [1.82, 2.24) is 4.90 Å². The zero-order chi connectivity index (χ0) is 11.9. The smallest absolute Gasteiger partial charge is 0.229 e. The number of methoxy groups -OCH3 is 1. The van der Waals surface area contributed by atoms with Gasteiger partial charge in [-0.05, 0) is 13.8 Å². The van der Waals surface area contributed by atoms with E-state index in [0.717, 1.165) is 0 Å². The minimum Gasteiger partial charge on any atom is -0.383 e. The van der Waals surface area contributed by atoms with E-state index in [0.29, 0.717) is 26.2 Å². The number of carbonyl (C=O) groups excluding carboxylic acids is 1. The van der Waals surface area contributed by atoms with Gasteiger partial charge in [-0.2, -0.15) is 0 Å². The van der Waals surface area contributed by atoms with Crippen molar-refractivity contribution in [3.8, 4) is 0 Å². The molecule has 0 aromatic carbocycles. The lowest BCUT2D eigenvalue weighted by atomic mass is 9.92. The Morgan fingerprint density at radius 2 is 2.20 bits per heavy atom. The number of amides is 1. The van der Waals surface area contributed by atoms with E-state index in [4.69, 9.17) is 10.5 Å². The van der Waals surface area contributed by atoms with E-state index >= 15 is 0 Å². The molecular weight excluding hydrogens is 192 g/mol. The molecule has 0 radical (unpaired) electrons. The Labute approximate surface area is 92.1 Å². The normalized spacial score (nSPS) is 11.2. The molecule has 15 heavy (non-hydrogen) atoms. The summed E-state index contributed by atoms with van der Waals surface area (Å²) in [6.07, 6.45) is 1.71. The predicted molar refractivity (Wildman–Crippen MR) is 61.5 cm³/mol. The molecule has 88 valence electrons. The molecule has 4 nitrogen and oxygen atoms in total. The van der Waals surface area contributed by atoms with Crippen LogP contribution in [0.1, 0.15) is 13.8 Å². The first-order valence-corrected chi connectivity index (χ1v) is 5.09. The Kier molecular flexibility index (Phi) is 6.20. The van der Waals surface area contributed by atoms with Crippen LogP contribution in [0.5, 0.6) is 0 Å². The summed E-state index contributed by atoms with van der Waals surface area (Å²) in [7, 11) is 1.62. The van der Waals surface area contributed by atoms with Crippen LogP contribution >= 0.6 is 0 Å². The molecule has 0 saturated carbocycles. The highest BCUT2D eigenvalue weighted by Crippen LogP contribution is 2.16. The van der Waals surface area contributed by atoms with Crippen LogP contribution in [-0.2, 0) is 9.53 Å². The van der Waals surface area contributed by atoms with Crippen molar-refractivity contribution in [2.45, 2.75) is 13.8 Å². The second-order valence-corrected chi connectivity index (χ2v) is 4.12. The second-order valence-electron chi connectivity index (χ2n) is 4.12. The Balaban J connectivity index is 4.46. The molecule has 0 saturated heterocycles. The first-order valence-electron chi connectivity index (χ1n) is 5.09. The van der Waals surface area contributed by atoms with Crippen LogP contribution in [0.3, 0.4) is 0 Å². The Morgan fingerprint density at radius 3 is 2.60 bits per heavy atom. The topological polar surface area (TPSA) is 55.6 Å². The number of nitrogens with two attached hydrogens (primary N) is 1. The minimum absolute atomic E-state index is 0.0435. The van der Waals surface area contributed by atoms with Crippen molar-refractivity contribution < 1.29 is 9.53 Å². The standard InChI is InChI=1S/C11H22N2O2/c1-5-6-13(7-8-15-4)10(14)11(2,3)9-12/h5H,1,6-9,12H2,2-4H3. The lowest BCUT2D eigenvalue weighted by molar-refractivity contribution is -0.139. The summed E-state index contributed by atoms with van der Waals surface area (Å²) in [5.41, 5.74) is 5.05. The van der Waals surface area contributed by atoms with Gasteiger partial charge >= 0.3 is 0 Å². The van der Waals surface area contributed by atoms with E-state index in [1.807, 2.05) is 13.8 Å². The molecule has 0 aromatic rings. The molecule has 0 unspecified atom stereocenters. The van der Waals surface area contributed by atoms with Crippen LogP contribution in [0.15, 0.2) is 12.7 Å². The van der Waals surface area contributed by atoms with Gasteiger partial charge in [-0.3, -0.25) is 4.79 Å². The summed E-state index contributed by atoms with van der Waals surface area (Å²) < 4.78 is 4.96. The third kappa shape index (κ3) is 4.44. The number of rotatable bonds is 7. The Bertz CT molecular complexity index is 215. The third-order valence-electron chi connectivity index (χ3n) is 2.29. The van der Waals surface area contributed by atoms with Gasteiger partial charge in [0, 0.05) is 26.7 Å². The molecule has 2 N–H and O–H groups in total. The first kappa shape index (κ1) is 14.1. The van der Waals surface area contributed by atoms with Crippen LogP contribution in [0, 0.1) is 5.41 Å². The zero-order valence-corrected chi connectivity index (χ0v) is 9.95. The Morgan fingerprint density at radius 1 is 1.60 bits per heavy atom. The van der Waals surface area contributed by atoms with Gasteiger partial charge in [0.2, 0.25) is 5.91 Å². The van der Waals surface area contributed by atoms with E-state index in [2.05, 4.69) is 6.58 Å². The fourth-order valence-electron chi connectivity index (χ4n) is 1.15. The van der Waals surface area contributed by atoms with Crippen LogP contribution in [-0.4, -0.2) is 44.2 Å². The number of hydrogen-bond acceptors (Lipinski definition) is 3. The fraction of sp³-hybridized carbons (Fsp3) is 0.727. The van der Waals surface area contributed by atoms with Crippen LogP contribution < -0.4 is 5.73 Å². The molecule has 0 bridgehead atoms. The molecule has 0 aliphatic heterocycles. The number of hydrogen-bond donors (Lipinski definition) is 1. The number of carbonyl (C=O) groups is 1. The highest BCUT2D eigenvalue weighted by Gasteiger charge is 2.29. The SMILES string of the molecule is C=CCN(CCOC)C(=O)C(C)(C)CN. The maximum absolute atomic E-state index is 12.0. The van der Waals surface area contributed by atoms with Gasteiger partial charge in [0.05, 0.1) is 12.0 Å². The zero-order valence-electron chi connectivity index (χ0n) is 9.95. The lowest BCUT2D eigenvalue weighted by Crippen LogP contribution is -2.45. The monoisotopic (exact) mass is 214 g/mol. The van der Waals surface area contributed by atoms with E-state index in [1.54, 1.807) is 18.1 Å². The summed E-state index contributed by atoms with van der Waals surface area (Å²) in [4.78, 5) is 13.7. The van der Waals surface area contributed by atoms with Crippen LogP contribution in [0.2, 0.25) is 0 Å². The van der Waals surface area contributed by atoms with Gasteiger partial charge in [0.25, 0.3) is 0 Å². The maximum atomic E-state index is 12.0. The van der Waals surface area contributed by atoms with Crippen molar-refractivity contribution in [2.75, 3.05) is 33.4 Å². The maximum Gasteiger partial charge on any atom is 0.229 e. The average molecular weight is 214 g/mol. The summed E-state index contributed by atoms with van der Waals surface area (Å²) in [6.45, 7) is 9.30. The second kappa shape index (κ2) is 6.58. The molecule has 0 spiro atoms. The van der Waals surface area contributed by atoms with Gasteiger partial charge in [0.1, 0.15) is 0 Å². The van der Waals surface area contributed by atoms with E-state index in [1.165, 1.54) is 0 Å². The number of nitrogens with zero attached hydrogens (tertiary/aromatic N) is 1. The molecule has 1 amide bonds. The van der Waals surface area contributed by atoms with Gasteiger partial charge in [-0.25, -0.2) is 0 Å². The van der Waals surface area contributed by atoms with Gasteiger partial charge in [0.15, 0.2) is 0 Å². The van der Waals surface area contributed by atoms with Crippen LogP contribution in [0.25, 0.3) is 0 Å². The van der Waals surface area contributed by atoms with Crippen molar-refractivity contribution in [3.63, 3.8) is 0 Å². The largest absolute Gasteiger partial charge is 0.383 e. The molecule has 0 aliphatic rings. The molecule has 0 atom stereocenters. The molecule has 4 heteroatoms. The highest BCUT2D eigenvalue weighted by molar-refractivity contribution is 5.82. The Hall–Kier alpha value is -0.870. The molecule has 0 fully saturated rings. The molecular formula is C11H22N2O2. The van der Waals surface area contributed by atoms with Crippen molar-refractivity contribution in [3.05, 3.63) is 12.7 Å². The minimum atomic E-state index is -0.517. The summed E-state index contributed by atoms with van der Waals surface area (Å²) in [6, 6.07) is 0. The molecule has 0 rings (SSSR count). The van der Waals surface area contributed by atoms with Gasteiger partial charge < -0.3 is 15.4 Å². The highest BCUT2D eigenvalue weighted by atomic mass is 16.5. The van der Waals surface area contributed by atoms with E-state index in [9.17, 15) is 4.79 Å². The van der Waals surface area contributed by atoms with Crippen molar-refractivity contribution >= 4 is 5.91 Å². The summed E-state index contributed by atoms with van der Waals surface area (Å²) in [5, 5.41) is 0. The van der Waals surface area contributed by atoms with Crippen LogP contribution in [0.4, 0.5) is 0 Å². The molecule has 0 aromatic heterocycles. The summed E-state index contributed by atoms with van der Waals surface area (Å²) >= 11 is 0. The third-order valence-corrected chi connectivity index (χ3v) is 2.29. The predicted octanol–water partition coefficient (Wildman–Crippen LogP) is 0.632. The van der Waals surface area contributed by atoms with E-state index in [-0.39, 0.29) is 5.91 Å². The fourth-order valence-corrected chi connectivity index (χ4v) is 1.15. The quantitative estimate of drug-likeness (QED) is 0.632. The van der Waals surface area contributed by atoms with E-state index < -0.39 is 5.41 Å². The molecule has 0 heterocycles. The van der Waals surface area contributed by atoms with Crippen molar-refractivity contribution in [2.24, 2.45) is 11.1 Å². The molecule has 0 aliphatic carbocycles. The number of ether oxygens (including phenoxy) is 1. The van der Waals surface area contributed by atoms with Crippen molar-refractivity contribution in [1.29, 1.82) is 0 Å².